The topological polar surface area (TPSA) is 55.9 Å². The Kier molecular flexibility index (Phi) is 4.38. The van der Waals surface area contributed by atoms with Crippen LogP contribution in [-0.4, -0.2) is 38.2 Å². The highest BCUT2D eigenvalue weighted by molar-refractivity contribution is 5.49. The van der Waals surface area contributed by atoms with Gasteiger partial charge in [-0.2, -0.15) is 0 Å². The van der Waals surface area contributed by atoms with Crippen LogP contribution in [0.2, 0.25) is 0 Å². The standard InChI is InChI=1S/C10H16N6/c1-15(2)13-11-9-6-5-7-10(8-9)12-14-16(3)4/h5-8H,1-4H3. The minimum Gasteiger partial charge on any atom is -0.285 e. The second-order valence-corrected chi connectivity index (χ2v) is 3.59. The molecular formula is C10H16N6. The molecule has 1 aromatic carbocycles. The zero-order chi connectivity index (χ0) is 12.0. The number of rotatable bonds is 4. The summed E-state index contributed by atoms with van der Waals surface area (Å²) < 4.78 is 0. The van der Waals surface area contributed by atoms with Crippen LogP contribution in [0.1, 0.15) is 0 Å². The fraction of sp³-hybridized carbons (Fsp3) is 0.400. The van der Waals surface area contributed by atoms with Gasteiger partial charge in [0.25, 0.3) is 0 Å². The number of benzene rings is 1. The average molecular weight is 220 g/mol. The van der Waals surface area contributed by atoms with E-state index >= 15 is 0 Å². The molecule has 1 rings (SSSR count). The van der Waals surface area contributed by atoms with Crippen LogP contribution in [0.15, 0.2) is 44.9 Å². The fourth-order valence-corrected chi connectivity index (χ4v) is 0.900. The summed E-state index contributed by atoms with van der Waals surface area (Å²) in [5, 5.41) is 19.1. The van der Waals surface area contributed by atoms with Crippen molar-refractivity contribution in [3.05, 3.63) is 24.3 Å². The van der Waals surface area contributed by atoms with Crippen molar-refractivity contribution in [3.8, 4) is 0 Å². The Morgan fingerprint density at radius 3 is 1.62 bits per heavy atom. The molecule has 0 spiro atoms. The summed E-state index contributed by atoms with van der Waals surface area (Å²) in [4.78, 5) is 0. The molecule has 0 saturated heterocycles. The quantitative estimate of drug-likeness (QED) is 0.578. The molecule has 0 heterocycles. The minimum atomic E-state index is 0.754. The summed E-state index contributed by atoms with van der Waals surface area (Å²) in [6, 6.07) is 7.41. The SMILES string of the molecule is CN(C)N=Nc1cccc(N=NN(C)C)c1. The lowest BCUT2D eigenvalue weighted by molar-refractivity contribution is 0.407. The minimum absolute atomic E-state index is 0.754. The van der Waals surface area contributed by atoms with Gasteiger partial charge in [0.1, 0.15) is 0 Å². The summed E-state index contributed by atoms with van der Waals surface area (Å²) in [6.07, 6.45) is 0. The van der Waals surface area contributed by atoms with E-state index in [1.165, 1.54) is 0 Å². The summed E-state index contributed by atoms with van der Waals surface area (Å²) in [5.74, 6) is 0. The van der Waals surface area contributed by atoms with Crippen molar-refractivity contribution in [3.63, 3.8) is 0 Å². The van der Waals surface area contributed by atoms with Gasteiger partial charge in [-0.1, -0.05) is 16.5 Å². The van der Waals surface area contributed by atoms with Gasteiger partial charge < -0.3 is 0 Å². The van der Waals surface area contributed by atoms with Crippen LogP contribution in [0.4, 0.5) is 11.4 Å². The maximum Gasteiger partial charge on any atom is 0.0896 e. The highest BCUT2D eigenvalue weighted by Crippen LogP contribution is 2.21. The van der Waals surface area contributed by atoms with Crippen LogP contribution in [0, 0.1) is 0 Å². The molecule has 0 aliphatic rings. The molecule has 0 saturated carbocycles. The largest absolute Gasteiger partial charge is 0.285 e. The number of nitrogens with zero attached hydrogens (tertiary/aromatic N) is 6. The second-order valence-electron chi connectivity index (χ2n) is 3.59. The summed E-state index contributed by atoms with van der Waals surface area (Å²) in [7, 11) is 7.27. The van der Waals surface area contributed by atoms with Gasteiger partial charge in [0.15, 0.2) is 0 Å². The summed E-state index contributed by atoms with van der Waals surface area (Å²) in [5.41, 5.74) is 1.51. The molecule has 6 heteroatoms. The van der Waals surface area contributed by atoms with Crippen LogP contribution in [0.5, 0.6) is 0 Å². The van der Waals surface area contributed by atoms with Gasteiger partial charge in [-0.05, 0) is 18.2 Å². The molecule has 0 amide bonds. The van der Waals surface area contributed by atoms with Gasteiger partial charge in [0, 0.05) is 28.2 Å². The highest BCUT2D eigenvalue weighted by Gasteiger charge is 1.93. The predicted molar refractivity (Wildman–Crippen MR) is 62.8 cm³/mol. The van der Waals surface area contributed by atoms with E-state index in [4.69, 9.17) is 0 Å². The molecule has 0 aliphatic carbocycles. The molecule has 0 unspecified atom stereocenters. The van der Waals surface area contributed by atoms with Crippen molar-refractivity contribution in [2.24, 2.45) is 20.7 Å². The Labute approximate surface area is 95.2 Å². The van der Waals surface area contributed by atoms with Gasteiger partial charge in [-0.15, -0.1) is 10.2 Å². The second kappa shape index (κ2) is 5.79. The summed E-state index contributed by atoms with van der Waals surface area (Å²) >= 11 is 0. The third-order valence-electron chi connectivity index (χ3n) is 1.51. The molecule has 0 fully saturated rings. The summed E-state index contributed by atoms with van der Waals surface area (Å²) in [6.45, 7) is 0. The molecular weight excluding hydrogens is 204 g/mol. The molecule has 0 bridgehead atoms. The maximum atomic E-state index is 4.03. The first-order chi connectivity index (χ1) is 7.58. The van der Waals surface area contributed by atoms with Crippen molar-refractivity contribution in [1.82, 2.24) is 10.0 Å². The molecule has 86 valence electrons. The first-order valence-electron chi connectivity index (χ1n) is 4.86. The van der Waals surface area contributed by atoms with Crippen LogP contribution in [-0.2, 0) is 0 Å². The normalized spacial score (nSPS) is 11.2. The predicted octanol–water partition coefficient (Wildman–Crippen LogP) is 2.81. The molecule has 0 radical (unpaired) electrons. The zero-order valence-corrected chi connectivity index (χ0v) is 9.99. The lowest BCUT2D eigenvalue weighted by atomic mass is 10.3. The van der Waals surface area contributed by atoms with Crippen LogP contribution in [0.25, 0.3) is 0 Å². The van der Waals surface area contributed by atoms with E-state index in [9.17, 15) is 0 Å². The third-order valence-corrected chi connectivity index (χ3v) is 1.51. The molecule has 0 atom stereocenters. The van der Waals surface area contributed by atoms with Gasteiger partial charge in [-0.25, -0.2) is 0 Å². The van der Waals surface area contributed by atoms with Crippen molar-refractivity contribution < 1.29 is 0 Å². The van der Waals surface area contributed by atoms with Gasteiger partial charge in [0.2, 0.25) is 0 Å². The van der Waals surface area contributed by atoms with Crippen molar-refractivity contribution in [2.45, 2.75) is 0 Å². The Morgan fingerprint density at radius 1 is 0.812 bits per heavy atom. The van der Waals surface area contributed by atoms with Crippen LogP contribution in [0.3, 0.4) is 0 Å². The van der Waals surface area contributed by atoms with E-state index in [-0.39, 0.29) is 0 Å². The smallest absolute Gasteiger partial charge is 0.0896 e. The fourth-order valence-electron chi connectivity index (χ4n) is 0.900. The Balaban J connectivity index is 2.79. The van der Waals surface area contributed by atoms with E-state index in [1.54, 1.807) is 10.0 Å². The van der Waals surface area contributed by atoms with E-state index in [1.807, 2.05) is 52.5 Å². The lowest BCUT2D eigenvalue weighted by Gasteiger charge is -2.02. The van der Waals surface area contributed by atoms with Crippen LogP contribution >= 0.6 is 0 Å². The Morgan fingerprint density at radius 2 is 1.25 bits per heavy atom. The maximum absolute atomic E-state index is 4.03. The van der Waals surface area contributed by atoms with Crippen molar-refractivity contribution in [2.75, 3.05) is 28.2 Å². The van der Waals surface area contributed by atoms with E-state index < -0.39 is 0 Å². The lowest BCUT2D eigenvalue weighted by Crippen LogP contribution is -1.99. The van der Waals surface area contributed by atoms with Gasteiger partial charge >= 0.3 is 0 Å². The Hall–Kier alpha value is -1.98. The first-order valence-corrected chi connectivity index (χ1v) is 4.86. The van der Waals surface area contributed by atoms with E-state index in [0.29, 0.717) is 0 Å². The zero-order valence-electron chi connectivity index (χ0n) is 9.99. The molecule has 0 aliphatic heterocycles. The highest BCUT2D eigenvalue weighted by atomic mass is 15.5. The molecule has 6 nitrogen and oxygen atoms in total. The third kappa shape index (κ3) is 4.50. The number of hydrogen-bond acceptors (Lipinski definition) is 4. The monoisotopic (exact) mass is 220 g/mol. The van der Waals surface area contributed by atoms with Crippen molar-refractivity contribution in [1.29, 1.82) is 0 Å². The Bertz CT molecular complexity index is 349. The average Bonchev–Trinajstić information content (AvgIpc) is 2.24. The van der Waals surface area contributed by atoms with Crippen LogP contribution < -0.4 is 0 Å². The molecule has 0 aromatic heterocycles. The van der Waals surface area contributed by atoms with E-state index in [2.05, 4.69) is 20.7 Å². The molecule has 1 aromatic rings. The first kappa shape index (κ1) is 12.1. The van der Waals surface area contributed by atoms with E-state index in [0.717, 1.165) is 11.4 Å². The molecule has 16 heavy (non-hydrogen) atoms. The molecule has 0 N–H and O–H groups in total. The van der Waals surface area contributed by atoms with Gasteiger partial charge in [0.05, 0.1) is 11.4 Å². The number of hydrogen-bond donors (Lipinski definition) is 0. The van der Waals surface area contributed by atoms with Gasteiger partial charge in [-0.3, -0.25) is 10.0 Å². The van der Waals surface area contributed by atoms with Crippen molar-refractivity contribution >= 4 is 11.4 Å².